The van der Waals surface area contributed by atoms with E-state index in [1.54, 1.807) is 26.8 Å². The lowest BCUT2D eigenvalue weighted by atomic mass is 10.1. The van der Waals surface area contributed by atoms with Gasteiger partial charge in [-0.1, -0.05) is 13.8 Å². The zero-order valence-electron chi connectivity index (χ0n) is 18.4. The monoisotopic (exact) mass is 469 g/mol. The third-order valence-electron chi connectivity index (χ3n) is 5.22. The Balaban J connectivity index is 1.77. The standard InChI is InChI=1S/C21H23F4N5O3/c1-10(2)17(31)27-16-14-8-30(19(32)13(14)5-6-26-16)12(4)15-7-11(3)18(29-28-15)33-9-21(24,25)20(22)23/h5-7,10,12,20H,8-9H2,1-4H3,(H,26,27,31). The molecule has 1 aliphatic heterocycles. The highest BCUT2D eigenvalue weighted by Crippen LogP contribution is 2.34. The largest absolute Gasteiger partial charge is 0.470 e. The second-order valence-corrected chi connectivity index (χ2v) is 8.05. The molecule has 3 rings (SSSR count). The van der Waals surface area contributed by atoms with Crippen molar-refractivity contribution >= 4 is 17.6 Å². The number of nitrogens with one attached hydrogen (secondary N) is 1. The van der Waals surface area contributed by atoms with Gasteiger partial charge in [-0.25, -0.2) is 13.8 Å². The van der Waals surface area contributed by atoms with Crippen LogP contribution in [-0.4, -0.2) is 50.9 Å². The van der Waals surface area contributed by atoms with Gasteiger partial charge in [0.1, 0.15) is 5.82 Å². The molecule has 0 aromatic carbocycles. The van der Waals surface area contributed by atoms with E-state index >= 15 is 0 Å². The highest BCUT2D eigenvalue weighted by Gasteiger charge is 2.42. The number of pyridine rings is 1. The molecular formula is C21H23F4N5O3. The number of carbonyl (C=O) groups is 2. The third kappa shape index (κ3) is 5.04. The van der Waals surface area contributed by atoms with E-state index in [2.05, 4.69) is 20.5 Å². The molecule has 2 aromatic rings. The van der Waals surface area contributed by atoms with Crippen LogP contribution in [-0.2, 0) is 11.3 Å². The summed E-state index contributed by atoms with van der Waals surface area (Å²) in [4.78, 5) is 30.7. The van der Waals surface area contributed by atoms with E-state index in [-0.39, 0.29) is 30.2 Å². The van der Waals surface area contributed by atoms with E-state index < -0.39 is 25.0 Å². The van der Waals surface area contributed by atoms with Crippen molar-refractivity contribution in [2.45, 2.75) is 52.6 Å². The van der Waals surface area contributed by atoms with Gasteiger partial charge in [-0.3, -0.25) is 9.59 Å². The summed E-state index contributed by atoms with van der Waals surface area (Å²) in [5.41, 5.74) is 1.62. The predicted molar refractivity (Wildman–Crippen MR) is 109 cm³/mol. The zero-order chi connectivity index (χ0) is 24.5. The number of fused-ring (bicyclic) bond motifs is 1. The summed E-state index contributed by atoms with van der Waals surface area (Å²) >= 11 is 0. The Bertz CT molecular complexity index is 1060. The first-order valence-corrected chi connectivity index (χ1v) is 10.1. The fourth-order valence-electron chi connectivity index (χ4n) is 3.16. The van der Waals surface area contributed by atoms with Gasteiger partial charge in [-0.2, -0.15) is 8.78 Å². The Hall–Kier alpha value is -3.31. The minimum Gasteiger partial charge on any atom is -0.470 e. The molecule has 12 heteroatoms. The lowest BCUT2D eigenvalue weighted by Crippen LogP contribution is -2.34. The number of ether oxygens (including phenoxy) is 1. The summed E-state index contributed by atoms with van der Waals surface area (Å²) in [7, 11) is 0. The Morgan fingerprint density at radius 3 is 2.58 bits per heavy atom. The summed E-state index contributed by atoms with van der Waals surface area (Å²) in [6.07, 6.45) is -2.43. The van der Waals surface area contributed by atoms with Gasteiger partial charge in [0, 0.05) is 28.8 Å². The fraction of sp³-hybridized carbons (Fsp3) is 0.476. The van der Waals surface area contributed by atoms with Gasteiger partial charge in [-0.15, -0.1) is 10.2 Å². The topological polar surface area (TPSA) is 97.3 Å². The smallest absolute Gasteiger partial charge is 0.340 e. The molecular weight excluding hydrogens is 446 g/mol. The van der Waals surface area contributed by atoms with Crippen molar-refractivity contribution in [2.24, 2.45) is 5.92 Å². The first-order chi connectivity index (χ1) is 15.4. The molecule has 0 spiro atoms. The maximum Gasteiger partial charge on any atom is 0.340 e. The molecule has 178 valence electrons. The quantitative estimate of drug-likeness (QED) is 0.591. The molecule has 0 aliphatic carbocycles. The SMILES string of the molecule is Cc1cc(C(C)N2Cc3c(ccnc3NC(=O)C(C)C)C2=O)nnc1OCC(F)(F)C(F)F. The van der Waals surface area contributed by atoms with E-state index in [1.165, 1.54) is 24.1 Å². The Morgan fingerprint density at radius 2 is 1.97 bits per heavy atom. The molecule has 33 heavy (non-hydrogen) atoms. The highest BCUT2D eigenvalue weighted by atomic mass is 19.3. The molecule has 2 aromatic heterocycles. The minimum atomic E-state index is -4.31. The zero-order valence-corrected chi connectivity index (χ0v) is 18.4. The van der Waals surface area contributed by atoms with Gasteiger partial charge >= 0.3 is 12.3 Å². The van der Waals surface area contributed by atoms with Gasteiger partial charge in [0.25, 0.3) is 5.91 Å². The number of hydrogen-bond donors (Lipinski definition) is 1. The maximum atomic E-state index is 13.1. The van der Waals surface area contributed by atoms with Gasteiger partial charge < -0.3 is 15.0 Å². The van der Waals surface area contributed by atoms with Crippen molar-refractivity contribution in [3.8, 4) is 5.88 Å². The van der Waals surface area contributed by atoms with Gasteiger partial charge in [0.05, 0.1) is 18.3 Å². The summed E-state index contributed by atoms with van der Waals surface area (Å²) in [6, 6.07) is 2.48. The first-order valence-electron chi connectivity index (χ1n) is 10.1. The normalized spacial score (nSPS) is 14.6. The molecule has 1 atom stereocenters. The van der Waals surface area contributed by atoms with Crippen LogP contribution in [0.25, 0.3) is 0 Å². The van der Waals surface area contributed by atoms with Gasteiger partial charge in [0.2, 0.25) is 11.8 Å². The van der Waals surface area contributed by atoms with Crippen LogP contribution >= 0.6 is 0 Å². The number of rotatable bonds is 8. The van der Waals surface area contributed by atoms with Gasteiger partial charge in [0.15, 0.2) is 6.61 Å². The number of carbonyl (C=O) groups excluding carboxylic acids is 2. The molecule has 1 N–H and O–H groups in total. The van der Waals surface area contributed by atoms with E-state index in [9.17, 15) is 27.2 Å². The second kappa shape index (κ2) is 9.28. The molecule has 0 saturated carbocycles. The van der Waals surface area contributed by atoms with Crippen molar-refractivity contribution < 1.29 is 31.9 Å². The lowest BCUT2D eigenvalue weighted by Gasteiger charge is -2.24. The molecule has 1 aliphatic rings. The van der Waals surface area contributed by atoms with Crippen molar-refractivity contribution in [1.29, 1.82) is 0 Å². The number of nitrogens with zero attached hydrogens (tertiary/aromatic N) is 4. The van der Waals surface area contributed by atoms with E-state index in [0.717, 1.165) is 0 Å². The fourth-order valence-corrected chi connectivity index (χ4v) is 3.16. The first kappa shape index (κ1) is 24.3. The Labute approximate surface area is 187 Å². The molecule has 2 amide bonds. The van der Waals surface area contributed by atoms with Crippen molar-refractivity contribution in [3.05, 3.63) is 40.7 Å². The van der Waals surface area contributed by atoms with Crippen LogP contribution in [0.15, 0.2) is 18.3 Å². The highest BCUT2D eigenvalue weighted by molar-refractivity contribution is 6.01. The number of amides is 2. The number of anilines is 1. The van der Waals surface area contributed by atoms with Crippen molar-refractivity contribution in [1.82, 2.24) is 20.1 Å². The number of hydrogen-bond acceptors (Lipinski definition) is 6. The van der Waals surface area contributed by atoms with Crippen LogP contribution in [0, 0.1) is 12.8 Å². The van der Waals surface area contributed by atoms with E-state index in [4.69, 9.17) is 4.74 Å². The van der Waals surface area contributed by atoms with E-state index in [0.29, 0.717) is 28.2 Å². The molecule has 1 unspecified atom stereocenters. The summed E-state index contributed by atoms with van der Waals surface area (Å²) < 4.78 is 55.6. The Kier molecular flexibility index (Phi) is 6.84. The maximum absolute atomic E-state index is 13.1. The summed E-state index contributed by atoms with van der Waals surface area (Å²) in [5.74, 6) is -5.11. The summed E-state index contributed by atoms with van der Waals surface area (Å²) in [6.45, 7) is 5.31. The predicted octanol–water partition coefficient (Wildman–Crippen LogP) is 3.77. The van der Waals surface area contributed by atoms with E-state index in [1.807, 2.05) is 0 Å². The average Bonchev–Trinajstić information content (AvgIpc) is 3.09. The van der Waals surface area contributed by atoms with Crippen LogP contribution in [0.2, 0.25) is 0 Å². The number of aryl methyl sites for hydroxylation is 1. The summed E-state index contributed by atoms with van der Waals surface area (Å²) in [5, 5.41) is 10.4. The van der Waals surface area contributed by atoms with Crippen molar-refractivity contribution in [3.63, 3.8) is 0 Å². The number of alkyl halides is 4. The molecule has 3 heterocycles. The van der Waals surface area contributed by atoms with Crippen LogP contribution in [0.5, 0.6) is 5.88 Å². The average molecular weight is 469 g/mol. The second-order valence-electron chi connectivity index (χ2n) is 8.05. The van der Waals surface area contributed by atoms with Crippen LogP contribution in [0.1, 0.15) is 54.0 Å². The molecule has 0 fully saturated rings. The lowest BCUT2D eigenvalue weighted by molar-refractivity contribution is -0.148. The molecule has 0 radical (unpaired) electrons. The number of halogens is 4. The third-order valence-corrected chi connectivity index (χ3v) is 5.22. The molecule has 8 nitrogen and oxygen atoms in total. The molecule has 0 bridgehead atoms. The Morgan fingerprint density at radius 1 is 1.27 bits per heavy atom. The van der Waals surface area contributed by atoms with Crippen LogP contribution in [0.4, 0.5) is 23.4 Å². The number of aromatic nitrogens is 3. The van der Waals surface area contributed by atoms with Crippen LogP contribution in [0.3, 0.4) is 0 Å². The van der Waals surface area contributed by atoms with Crippen LogP contribution < -0.4 is 10.1 Å². The van der Waals surface area contributed by atoms with Crippen molar-refractivity contribution in [2.75, 3.05) is 11.9 Å². The molecule has 0 saturated heterocycles. The minimum absolute atomic E-state index is 0.163. The van der Waals surface area contributed by atoms with Gasteiger partial charge in [-0.05, 0) is 26.0 Å².